The summed E-state index contributed by atoms with van der Waals surface area (Å²) in [5.74, 6) is 0.418. The summed E-state index contributed by atoms with van der Waals surface area (Å²) < 4.78 is 32.6. The standard InChI is InChI=1S/C17H18ClNO4S/c1-11-4-3-5-13-15(20)8-9-19(17(11)13)24(21,22)12-6-7-16(23-2)14(18)10-12/h3-7,10,15,20H,8-9H2,1-2H3. The Hall–Kier alpha value is -1.76. The first-order valence-corrected chi connectivity index (χ1v) is 9.32. The molecule has 0 fully saturated rings. The lowest BCUT2D eigenvalue weighted by atomic mass is 9.98. The molecule has 1 heterocycles. The van der Waals surface area contributed by atoms with Crippen LogP contribution in [0.3, 0.4) is 0 Å². The van der Waals surface area contributed by atoms with Gasteiger partial charge in [0.1, 0.15) is 5.75 Å². The first-order chi connectivity index (χ1) is 11.4. The van der Waals surface area contributed by atoms with E-state index in [1.165, 1.54) is 29.6 Å². The second-order valence-corrected chi connectivity index (χ2v) is 7.96. The number of methoxy groups -OCH3 is 1. The molecule has 2 aromatic carbocycles. The maximum Gasteiger partial charge on any atom is 0.264 e. The van der Waals surface area contributed by atoms with Crippen molar-refractivity contribution in [2.24, 2.45) is 0 Å². The summed E-state index contributed by atoms with van der Waals surface area (Å²) in [5, 5.41) is 10.4. The topological polar surface area (TPSA) is 66.8 Å². The van der Waals surface area contributed by atoms with Crippen molar-refractivity contribution in [3.63, 3.8) is 0 Å². The molecule has 1 aliphatic rings. The highest BCUT2D eigenvalue weighted by Gasteiger charge is 2.33. The Kier molecular flexibility index (Phi) is 4.46. The predicted molar refractivity (Wildman–Crippen MR) is 93.3 cm³/mol. The molecule has 0 saturated carbocycles. The van der Waals surface area contributed by atoms with Crippen LogP contribution < -0.4 is 9.04 Å². The Morgan fingerprint density at radius 2 is 2.04 bits per heavy atom. The minimum atomic E-state index is -3.79. The number of halogens is 1. The van der Waals surface area contributed by atoms with Gasteiger partial charge in [-0.1, -0.05) is 29.8 Å². The fraction of sp³-hybridized carbons (Fsp3) is 0.294. The molecule has 0 aromatic heterocycles. The second-order valence-electron chi connectivity index (χ2n) is 5.69. The van der Waals surface area contributed by atoms with Gasteiger partial charge in [0.25, 0.3) is 10.0 Å². The van der Waals surface area contributed by atoms with Gasteiger partial charge in [0.2, 0.25) is 0 Å². The molecule has 2 aromatic rings. The highest BCUT2D eigenvalue weighted by Crippen LogP contribution is 2.39. The highest BCUT2D eigenvalue weighted by atomic mass is 35.5. The van der Waals surface area contributed by atoms with E-state index in [0.717, 1.165) is 5.56 Å². The Morgan fingerprint density at radius 1 is 1.29 bits per heavy atom. The van der Waals surface area contributed by atoms with Crippen LogP contribution in [0.25, 0.3) is 0 Å². The van der Waals surface area contributed by atoms with Crippen LogP contribution in [-0.4, -0.2) is 27.2 Å². The molecule has 1 aliphatic heterocycles. The quantitative estimate of drug-likeness (QED) is 0.903. The van der Waals surface area contributed by atoms with E-state index in [9.17, 15) is 13.5 Å². The van der Waals surface area contributed by atoms with Crippen LogP contribution in [0.15, 0.2) is 41.3 Å². The lowest BCUT2D eigenvalue weighted by Crippen LogP contribution is -2.37. The molecule has 0 bridgehead atoms. The fourth-order valence-electron chi connectivity index (χ4n) is 2.97. The van der Waals surface area contributed by atoms with E-state index < -0.39 is 16.1 Å². The van der Waals surface area contributed by atoms with E-state index in [1.807, 2.05) is 19.1 Å². The van der Waals surface area contributed by atoms with Crippen molar-refractivity contribution >= 4 is 27.3 Å². The summed E-state index contributed by atoms with van der Waals surface area (Å²) in [6, 6.07) is 9.81. The van der Waals surface area contributed by atoms with Crippen molar-refractivity contribution in [3.8, 4) is 5.75 Å². The van der Waals surface area contributed by atoms with Crippen LogP contribution in [0.1, 0.15) is 23.7 Å². The second kappa shape index (κ2) is 6.27. The number of para-hydroxylation sites is 1. The van der Waals surface area contributed by atoms with Crippen molar-refractivity contribution in [1.29, 1.82) is 0 Å². The number of sulfonamides is 1. The highest BCUT2D eigenvalue weighted by molar-refractivity contribution is 7.92. The molecule has 1 unspecified atom stereocenters. The third kappa shape index (κ3) is 2.75. The van der Waals surface area contributed by atoms with E-state index in [0.29, 0.717) is 23.4 Å². The molecule has 0 radical (unpaired) electrons. The number of fused-ring (bicyclic) bond motifs is 1. The zero-order chi connectivity index (χ0) is 17.5. The zero-order valence-electron chi connectivity index (χ0n) is 13.4. The average molecular weight is 368 g/mol. The molecular weight excluding hydrogens is 350 g/mol. The van der Waals surface area contributed by atoms with Gasteiger partial charge in [0.05, 0.1) is 28.8 Å². The number of hydrogen-bond acceptors (Lipinski definition) is 4. The largest absolute Gasteiger partial charge is 0.495 e. The monoisotopic (exact) mass is 367 g/mol. The van der Waals surface area contributed by atoms with Crippen LogP contribution in [0.4, 0.5) is 5.69 Å². The van der Waals surface area contributed by atoms with Gasteiger partial charge < -0.3 is 9.84 Å². The lowest BCUT2D eigenvalue weighted by Gasteiger charge is -2.34. The van der Waals surface area contributed by atoms with Crippen molar-refractivity contribution in [2.75, 3.05) is 18.0 Å². The number of benzene rings is 2. The first kappa shape index (κ1) is 17.1. The molecular formula is C17H18ClNO4S. The number of aryl methyl sites for hydroxylation is 1. The van der Waals surface area contributed by atoms with E-state index in [-0.39, 0.29) is 16.5 Å². The van der Waals surface area contributed by atoms with Crippen LogP contribution >= 0.6 is 11.6 Å². The predicted octanol–water partition coefficient (Wildman–Crippen LogP) is 3.29. The van der Waals surface area contributed by atoms with E-state index in [1.54, 1.807) is 6.07 Å². The number of ether oxygens (including phenoxy) is 1. The maximum absolute atomic E-state index is 13.1. The number of aliphatic hydroxyl groups excluding tert-OH is 1. The van der Waals surface area contributed by atoms with Crippen LogP contribution in [0.2, 0.25) is 5.02 Å². The molecule has 24 heavy (non-hydrogen) atoms. The molecule has 7 heteroatoms. The van der Waals surface area contributed by atoms with Gasteiger partial charge in [-0.2, -0.15) is 0 Å². The fourth-order valence-corrected chi connectivity index (χ4v) is 4.89. The van der Waals surface area contributed by atoms with Crippen LogP contribution in [-0.2, 0) is 10.0 Å². The minimum absolute atomic E-state index is 0.0962. The van der Waals surface area contributed by atoms with Gasteiger partial charge in [0, 0.05) is 12.1 Å². The van der Waals surface area contributed by atoms with Crippen molar-refractivity contribution in [2.45, 2.75) is 24.3 Å². The summed E-state index contributed by atoms with van der Waals surface area (Å²) in [6.45, 7) is 2.05. The Balaban J connectivity index is 2.12. The maximum atomic E-state index is 13.1. The van der Waals surface area contributed by atoms with Crippen LogP contribution in [0, 0.1) is 6.92 Å². The zero-order valence-corrected chi connectivity index (χ0v) is 14.9. The average Bonchev–Trinajstić information content (AvgIpc) is 2.55. The van der Waals surface area contributed by atoms with Gasteiger partial charge in [-0.25, -0.2) is 8.42 Å². The molecule has 0 amide bonds. The van der Waals surface area contributed by atoms with Gasteiger partial charge in [-0.05, 0) is 37.1 Å². The molecule has 5 nitrogen and oxygen atoms in total. The number of nitrogens with zero attached hydrogens (tertiary/aromatic N) is 1. The molecule has 1 atom stereocenters. The normalized spacial score (nSPS) is 17.5. The van der Waals surface area contributed by atoms with Gasteiger partial charge in [-0.3, -0.25) is 4.31 Å². The summed E-state index contributed by atoms with van der Waals surface area (Å²) >= 11 is 6.08. The Morgan fingerprint density at radius 3 is 2.71 bits per heavy atom. The molecule has 0 saturated heterocycles. The van der Waals surface area contributed by atoms with Crippen molar-refractivity contribution < 1.29 is 18.3 Å². The van der Waals surface area contributed by atoms with Gasteiger partial charge in [-0.15, -0.1) is 0 Å². The Bertz CT molecular complexity index is 882. The minimum Gasteiger partial charge on any atom is -0.495 e. The molecule has 0 spiro atoms. The number of anilines is 1. The van der Waals surface area contributed by atoms with Crippen LogP contribution in [0.5, 0.6) is 5.75 Å². The molecule has 128 valence electrons. The van der Waals surface area contributed by atoms with E-state index in [4.69, 9.17) is 16.3 Å². The summed E-state index contributed by atoms with van der Waals surface area (Å²) in [5.41, 5.74) is 1.97. The summed E-state index contributed by atoms with van der Waals surface area (Å²) in [4.78, 5) is 0.0962. The number of aliphatic hydroxyl groups is 1. The third-order valence-electron chi connectivity index (χ3n) is 4.19. The Labute approximate surface area is 146 Å². The molecule has 3 rings (SSSR count). The van der Waals surface area contributed by atoms with Gasteiger partial charge >= 0.3 is 0 Å². The van der Waals surface area contributed by atoms with Crippen molar-refractivity contribution in [1.82, 2.24) is 0 Å². The smallest absolute Gasteiger partial charge is 0.264 e. The molecule has 0 aliphatic carbocycles. The first-order valence-electron chi connectivity index (χ1n) is 7.50. The lowest BCUT2D eigenvalue weighted by molar-refractivity contribution is 0.166. The number of hydrogen-bond donors (Lipinski definition) is 1. The van der Waals surface area contributed by atoms with E-state index in [2.05, 4.69) is 0 Å². The van der Waals surface area contributed by atoms with Crippen molar-refractivity contribution in [3.05, 3.63) is 52.5 Å². The van der Waals surface area contributed by atoms with Gasteiger partial charge in [0.15, 0.2) is 0 Å². The summed E-state index contributed by atoms with van der Waals surface area (Å²) in [7, 11) is -2.31. The van der Waals surface area contributed by atoms with E-state index >= 15 is 0 Å². The number of rotatable bonds is 3. The molecule has 1 N–H and O–H groups in total. The SMILES string of the molecule is COc1ccc(S(=O)(=O)N2CCC(O)c3cccc(C)c32)cc1Cl. The summed E-state index contributed by atoms with van der Waals surface area (Å²) in [6.07, 6.45) is -0.314. The third-order valence-corrected chi connectivity index (χ3v) is 6.28.